The summed E-state index contributed by atoms with van der Waals surface area (Å²) < 4.78 is 44.6. The van der Waals surface area contributed by atoms with Gasteiger partial charge in [0.2, 0.25) is 5.91 Å². The van der Waals surface area contributed by atoms with Crippen LogP contribution in [0.3, 0.4) is 0 Å². The Kier molecular flexibility index (Phi) is 8.05. The number of nitrogens with one attached hydrogen (secondary N) is 2. The Balaban J connectivity index is 1.59. The van der Waals surface area contributed by atoms with E-state index in [4.69, 9.17) is 9.47 Å². The standard InChI is InChI=1S/C31H30F2N6O4S2/c1-6-44-29-36-25-22(26(37-29)35-18-9-10-39(5)28(18)40)16-13-42-12-15(16)21(24(25)33)23-17(32)7-8-19-20(23)14(11-34)27(45-19)38-30(41)43-31(2,3)4/h7-8,18H,6,9-10,12-13H2,1-5H3,(H,38,41)(H,35,36,37)/t18-/m1/s1. The summed E-state index contributed by atoms with van der Waals surface area (Å²) in [6, 6.07) is 4.24. The predicted octanol–water partition coefficient (Wildman–Crippen LogP) is 6.79. The quantitative estimate of drug-likeness (QED) is 0.171. The van der Waals surface area contributed by atoms with Gasteiger partial charge in [0.05, 0.1) is 24.2 Å². The van der Waals surface area contributed by atoms with E-state index in [9.17, 15) is 14.9 Å². The van der Waals surface area contributed by atoms with Crippen LogP contribution < -0.4 is 10.6 Å². The number of hydrogen-bond acceptors (Lipinski definition) is 10. The third kappa shape index (κ3) is 5.53. The summed E-state index contributed by atoms with van der Waals surface area (Å²) in [5.41, 5.74) is -0.0505. The van der Waals surface area contributed by atoms with Crippen LogP contribution >= 0.6 is 23.1 Å². The first-order chi connectivity index (χ1) is 21.4. The first-order valence-electron chi connectivity index (χ1n) is 14.3. The lowest BCUT2D eigenvalue weighted by atomic mass is 9.90. The van der Waals surface area contributed by atoms with E-state index < -0.39 is 29.4 Å². The molecule has 0 saturated carbocycles. The molecule has 2 aliphatic heterocycles. The molecule has 2 N–H and O–H groups in total. The lowest BCUT2D eigenvalue weighted by Crippen LogP contribution is -2.31. The van der Waals surface area contributed by atoms with Crippen LogP contribution in [0.15, 0.2) is 17.3 Å². The Bertz CT molecular complexity index is 1930. The van der Waals surface area contributed by atoms with Crippen LogP contribution in [0.5, 0.6) is 0 Å². The highest BCUT2D eigenvalue weighted by Gasteiger charge is 2.34. The lowest BCUT2D eigenvalue weighted by molar-refractivity contribution is -0.127. The summed E-state index contributed by atoms with van der Waals surface area (Å²) in [5, 5.41) is 17.0. The summed E-state index contributed by atoms with van der Waals surface area (Å²) in [7, 11) is 1.72. The largest absolute Gasteiger partial charge is 0.444 e. The molecule has 4 heterocycles. The molecule has 2 aromatic carbocycles. The van der Waals surface area contributed by atoms with Crippen molar-refractivity contribution < 1.29 is 27.8 Å². The van der Waals surface area contributed by atoms with E-state index in [-0.39, 0.29) is 51.7 Å². The summed E-state index contributed by atoms with van der Waals surface area (Å²) in [6.07, 6.45) is -0.221. The second-order valence-corrected chi connectivity index (χ2v) is 14.0. The van der Waals surface area contributed by atoms with Crippen LogP contribution in [0.2, 0.25) is 0 Å². The molecule has 1 atom stereocenters. The molecule has 2 amide bonds. The number of carbonyl (C=O) groups excluding carboxylic acids is 2. The normalized spacial score (nSPS) is 16.4. The fraction of sp³-hybridized carbons (Fsp3) is 0.387. The number of carbonyl (C=O) groups is 2. The van der Waals surface area contributed by atoms with E-state index >= 15 is 8.78 Å². The third-order valence-electron chi connectivity index (χ3n) is 7.57. The molecule has 1 fully saturated rings. The number of ether oxygens (including phenoxy) is 2. The maximum absolute atomic E-state index is 17.0. The van der Waals surface area contributed by atoms with Crippen LogP contribution in [0.1, 0.15) is 50.8 Å². The number of amides is 2. The molecule has 4 aromatic rings. The van der Waals surface area contributed by atoms with Gasteiger partial charge in [-0.25, -0.2) is 23.5 Å². The zero-order valence-electron chi connectivity index (χ0n) is 25.3. The summed E-state index contributed by atoms with van der Waals surface area (Å²) in [6.45, 7) is 7.69. The number of likely N-dealkylation sites (N-methyl/N-ethyl adjacent to an activating group) is 1. The van der Waals surface area contributed by atoms with Crippen molar-refractivity contribution in [1.82, 2.24) is 14.9 Å². The highest BCUT2D eigenvalue weighted by atomic mass is 32.2. The number of rotatable bonds is 6. The third-order valence-corrected chi connectivity index (χ3v) is 9.37. The zero-order valence-corrected chi connectivity index (χ0v) is 26.9. The molecule has 45 heavy (non-hydrogen) atoms. The van der Waals surface area contributed by atoms with Gasteiger partial charge in [-0.2, -0.15) is 5.26 Å². The number of benzene rings is 2. The molecule has 0 aliphatic carbocycles. The zero-order chi connectivity index (χ0) is 32.2. The van der Waals surface area contributed by atoms with E-state index in [0.29, 0.717) is 50.9 Å². The monoisotopic (exact) mass is 652 g/mol. The maximum atomic E-state index is 17.0. The molecule has 2 aromatic heterocycles. The van der Waals surface area contributed by atoms with Gasteiger partial charge in [-0.3, -0.25) is 10.1 Å². The first-order valence-corrected chi connectivity index (χ1v) is 16.1. The summed E-state index contributed by atoms with van der Waals surface area (Å²) in [5.74, 6) is -0.714. The highest BCUT2D eigenvalue weighted by Crippen LogP contribution is 2.48. The number of nitriles is 1. The van der Waals surface area contributed by atoms with Gasteiger partial charge >= 0.3 is 6.09 Å². The fourth-order valence-corrected chi connectivity index (χ4v) is 7.31. The van der Waals surface area contributed by atoms with Crippen LogP contribution in [0, 0.1) is 23.0 Å². The van der Waals surface area contributed by atoms with Crippen LogP contribution in [0.4, 0.5) is 24.4 Å². The van der Waals surface area contributed by atoms with Crippen LogP contribution in [-0.4, -0.2) is 57.9 Å². The van der Waals surface area contributed by atoms with Crippen molar-refractivity contribution in [2.45, 2.75) is 64.1 Å². The number of fused-ring (bicyclic) bond motifs is 4. The summed E-state index contributed by atoms with van der Waals surface area (Å²) in [4.78, 5) is 36.2. The molecule has 0 bridgehead atoms. The van der Waals surface area contributed by atoms with Gasteiger partial charge in [-0.1, -0.05) is 18.7 Å². The molecule has 234 valence electrons. The van der Waals surface area contributed by atoms with Crippen LogP contribution in [-0.2, 0) is 27.5 Å². The lowest BCUT2D eigenvalue weighted by Gasteiger charge is -2.19. The number of anilines is 2. The minimum absolute atomic E-state index is 0.0151. The smallest absolute Gasteiger partial charge is 0.412 e. The summed E-state index contributed by atoms with van der Waals surface area (Å²) >= 11 is 2.37. The second kappa shape index (κ2) is 11.7. The van der Waals surface area contributed by atoms with Gasteiger partial charge in [-0.05, 0) is 56.2 Å². The number of nitrogens with zero attached hydrogens (tertiary/aromatic N) is 4. The van der Waals surface area contributed by atoms with Gasteiger partial charge in [0, 0.05) is 34.8 Å². The Morgan fingerprint density at radius 2 is 1.98 bits per heavy atom. The van der Waals surface area contributed by atoms with Crippen molar-refractivity contribution in [3.05, 3.63) is 40.5 Å². The van der Waals surface area contributed by atoms with Crippen molar-refractivity contribution in [2.75, 3.05) is 30.0 Å². The minimum atomic E-state index is -0.796. The van der Waals surface area contributed by atoms with Gasteiger partial charge in [0.15, 0.2) is 11.0 Å². The molecule has 0 spiro atoms. The Labute approximate surface area is 266 Å². The van der Waals surface area contributed by atoms with Crippen LogP contribution in [0.25, 0.3) is 32.1 Å². The van der Waals surface area contributed by atoms with Crippen molar-refractivity contribution >= 4 is 66.9 Å². The molecular weight excluding hydrogens is 623 g/mol. The second-order valence-electron chi connectivity index (χ2n) is 11.7. The molecule has 14 heteroatoms. The minimum Gasteiger partial charge on any atom is -0.444 e. The predicted molar refractivity (Wildman–Crippen MR) is 169 cm³/mol. The molecule has 6 rings (SSSR count). The van der Waals surface area contributed by atoms with Gasteiger partial charge in [-0.15, -0.1) is 11.3 Å². The number of likely N-dealkylation sites (tertiary alicyclic amines) is 1. The molecule has 1 saturated heterocycles. The Morgan fingerprint density at radius 3 is 2.64 bits per heavy atom. The van der Waals surface area contributed by atoms with Gasteiger partial charge in [0.25, 0.3) is 0 Å². The number of aromatic nitrogens is 2. The maximum Gasteiger partial charge on any atom is 0.412 e. The molecular formula is C31H30F2N6O4S2. The fourth-order valence-electron chi connectivity index (χ4n) is 5.69. The van der Waals surface area contributed by atoms with Crippen molar-refractivity contribution in [3.8, 4) is 17.2 Å². The van der Waals surface area contributed by atoms with E-state index in [1.165, 1.54) is 23.9 Å². The number of thioether (sulfide) groups is 1. The molecule has 2 aliphatic rings. The Hall–Kier alpha value is -4.06. The molecule has 10 nitrogen and oxygen atoms in total. The van der Waals surface area contributed by atoms with E-state index in [2.05, 4.69) is 26.7 Å². The van der Waals surface area contributed by atoms with Gasteiger partial charge in [0.1, 0.15) is 39.9 Å². The van der Waals surface area contributed by atoms with Gasteiger partial charge < -0.3 is 19.7 Å². The van der Waals surface area contributed by atoms with Crippen molar-refractivity contribution in [2.24, 2.45) is 0 Å². The number of halogens is 2. The average Bonchev–Trinajstić information content (AvgIpc) is 3.67. The van der Waals surface area contributed by atoms with E-state index in [0.717, 1.165) is 11.3 Å². The Morgan fingerprint density at radius 1 is 1.22 bits per heavy atom. The molecule has 0 radical (unpaired) electrons. The molecule has 0 unspecified atom stereocenters. The SMILES string of the molecule is CCSc1nc(N[C@@H]2CCN(C)C2=O)c2c3c(c(-c4c(F)ccc5sc(NC(=O)OC(C)(C)C)c(C#N)c45)c(F)c2n1)COC3. The van der Waals surface area contributed by atoms with Crippen molar-refractivity contribution in [1.29, 1.82) is 5.26 Å². The highest BCUT2D eigenvalue weighted by molar-refractivity contribution is 7.99. The topological polar surface area (TPSA) is 129 Å². The number of thiophene rings is 1. The average molecular weight is 653 g/mol. The number of hydrogen-bond donors (Lipinski definition) is 2. The van der Waals surface area contributed by atoms with Crippen molar-refractivity contribution in [3.63, 3.8) is 0 Å². The van der Waals surface area contributed by atoms with E-state index in [1.54, 1.807) is 32.7 Å². The van der Waals surface area contributed by atoms with E-state index in [1.807, 2.05) is 6.92 Å². The first kappa shape index (κ1) is 30.9.